The predicted octanol–water partition coefficient (Wildman–Crippen LogP) is 12.1. The van der Waals surface area contributed by atoms with Gasteiger partial charge in [-0.2, -0.15) is 0 Å². The summed E-state index contributed by atoms with van der Waals surface area (Å²) >= 11 is 0. The Hall–Kier alpha value is -6.97. The average Bonchev–Trinajstić information content (AvgIpc) is 3.56. The Morgan fingerprint density at radius 2 is 0.774 bits per heavy atom. The molecule has 0 aliphatic heterocycles. The molecule has 3 nitrogen and oxygen atoms in total. The maximum absolute atomic E-state index is 4.93. The van der Waals surface area contributed by atoms with Crippen molar-refractivity contribution in [2.45, 2.75) is 5.41 Å². The van der Waals surface area contributed by atoms with Gasteiger partial charge in [-0.1, -0.05) is 194 Å². The first-order chi connectivity index (χ1) is 26.3. The highest BCUT2D eigenvalue weighted by molar-refractivity contribution is 6.01. The highest BCUT2D eigenvalue weighted by Gasteiger charge is 2.46. The minimum atomic E-state index is -0.446. The number of hydrogen-bond donors (Lipinski definition) is 0. The summed E-state index contributed by atoms with van der Waals surface area (Å²) < 4.78 is 0. The van der Waals surface area contributed by atoms with Crippen LogP contribution in [-0.4, -0.2) is 15.0 Å². The van der Waals surface area contributed by atoms with Gasteiger partial charge in [0.15, 0.2) is 17.5 Å². The second-order valence-electron chi connectivity index (χ2n) is 13.6. The molecule has 0 N–H and O–H groups in total. The van der Waals surface area contributed by atoms with Crippen LogP contribution in [0.1, 0.15) is 22.3 Å². The van der Waals surface area contributed by atoms with Crippen molar-refractivity contribution in [3.63, 3.8) is 0 Å². The van der Waals surface area contributed by atoms with Crippen LogP contribution in [0.5, 0.6) is 0 Å². The highest BCUT2D eigenvalue weighted by Crippen LogP contribution is 2.58. The lowest BCUT2D eigenvalue weighted by atomic mass is 9.66. The number of rotatable bonds is 6. The summed E-state index contributed by atoms with van der Waals surface area (Å²) in [4.78, 5) is 14.7. The van der Waals surface area contributed by atoms with E-state index in [9.17, 15) is 0 Å². The van der Waals surface area contributed by atoms with E-state index in [1.807, 2.05) is 60.7 Å². The van der Waals surface area contributed by atoms with E-state index >= 15 is 0 Å². The monoisotopic (exact) mass is 675 g/mol. The molecule has 1 aromatic heterocycles. The smallest absolute Gasteiger partial charge is 0.164 e. The molecule has 8 aromatic carbocycles. The predicted molar refractivity (Wildman–Crippen MR) is 216 cm³/mol. The maximum Gasteiger partial charge on any atom is 0.164 e. The van der Waals surface area contributed by atoms with Crippen LogP contribution in [0.15, 0.2) is 200 Å². The highest BCUT2D eigenvalue weighted by atomic mass is 15.0. The molecule has 1 heterocycles. The van der Waals surface area contributed by atoms with Crippen LogP contribution in [0.2, 0.25) is 0 Å². The molecule has 0 bridgehead atoms. The Morgan fingerprint density at radius 1 is 0.321 bits per heavy atom. The van der Waals surface area contributed by atoms with Crippen molar-refractivity contribution in [3.8, 4) is 56.4 Å². The Morgan fingerprint density at radius 3 is 1.34 bits per heavy atom. The van der Waals surface area contributed by atoms with E-state index in [4.69, 9.17) is 15.0 Å². The van der Waals surface area contributed by atoms with E-state index < -0.39 is 5.41 Å². The first kappa shape index (κ1) is 30.8. The van der Waals surface area contributed by atoms with Crippen molar-refractivity contribution in [1.82, 2.24) is 15.0 Å². The number of nitrogens with zero attached hydrogens (tertiary/aromatic N) is 3. The average molecular weight is 676 g/mol. The minimum absolute atomic E-state index is 0.446. The normalized spacial score (nSPS) is 12.7. The lowest BCUT2D eigenvalue weighted by molar-refractivity contribution is 0.775. The molecule has 1 aliphatic rings. The van der Waals surface area contributed by atoms with Crippen molar-refractivity contribution in [3.05, 3.63) is 222 Å². The number of aromatic nitrogens is 3. The maximum atomic E-state index is 4.93. The fourth-order valence-corrected chi connectivity index (χ4v) is 8.21. The molecule has 0 amide bonds. The lowest BCUT2D eigenvalue weighted by Crippen LogP contribution is -2.28. The van der Waals surface area contributed by atoms with E-state index in [1.54, 1.807) is 0 Å². The van der Waals surface area contributed by atoms with E-state index in [0.29, 0.717) is 17.5 Å². The molecule has 53 heavy (non-hydrogen) atoms. The van der Waals surface area contributed by atoms with Crippen LogP contribution in [-0.2, 0) is 5.41 Å². The van der Waals surface area contributed by atoms with Gasteiger partial charge >= 0.3 is 0 Å². The Balaban J connectivity index is 1.09. The first-order valence-electron chi connectivity index (χ1n) is 18.0. The number of hydrogen-bond acceptors (Lipinski definition) is 3. The molecule has 1 aliphatic carbocycles. The van der Waals surface area contributed by atoms with Crippen LogP contribution in [0, 0.1) is 0 Å². The third-order valence-corrected chi connectivity index (χ3v) is 10.6. The van der Waals surface area contributed by atoms with Crippen molar-refractivity contribution < 1.29 is 0 Å². The van der Waals surface area contributed by atoms with E-state index in [2.05, 4.69) is 140 Å². The molecule has 10 rings (SSSR count). The summed E-state index contributed by atoms with van der Waals surface area (Å²) in [6, 6.07) is 71.2. The zero-order chi connectivity index (χ0) is 35.2. The van der Waals surface area contributed by atoms with Gasteiger partial charge in [0.25, 0.3) is 0 Å². The summed E-state index contributed by atoms with van der Waals surface area (Å²) in [7, 11) is 0. The number of fused-ring (bicyclic) bond motifs is 5. The Labute approximate surface area is 309 Å². The lowest BCUT2D eigenvalue weighted by Gasteiger charge is -2.34. The minimum Gasteiger partial charge on any atom is -0.208 e. The van der Waals surface area contributed by atoms with Crippen molar-refractivity contribution in [2.75, 3.05) is 0 Å². The fraction of sp³-hybridized carbons (Fsp3) is 0.0200. The molecule has 0 radical (unpaired) electrons. The molecule has 0 saturated heterocycles. The van der Waals surface area contributed by atoms with Crippen molar-refractivity contribution in [1.29, 1.82) is 0 Å². The van der Waals surface area contributed by atoms with Gasteiger partial charge in [0.2, 0.25) is 0 Å². The molecule has 0 saturated carbocycles. The summed E-state index contributed by atoms with van der Waals surface area (Å²) in [5.41, 5.74) is 12.5. The zero-order valence-corrected chi connectivity index (χ0v) is 28.9. The van der Waals surface area contributed by atoms with E-state index in [1.165, 1.54) is 44.2 Å². The van der Waals surface area contributed by atoms with Gasteiger partial charge in [-0.25, -0.2) is 15.0 Å². The second-order valence-corrected chi connectivity index (χ2v) is 13.6. The molecule has 0 unspecified atom stereocenters. The molecule has 0 atom stereocenters. The van der Waals surface area contributed by atoms with Gasteiger partial charge < -0.3 is 0 Å². The van der Waals surface area contributed by atoms with Crippen LogP contribution >= 0.6 is 0 Å². The third kappa shape index (κ3) is 5.09. The van der Waals surface area contributed by atoms with Gasteiger partial charge in [0, 0.05) is 16.7 Å². The summed E-state index contributed by atoms with van der Waals surface area (Å²) in [6.45, 7) is 0. The molecule has 9 aromatic rings. The SMILES string of the molecule is c1ccc(-c2nc(-c3ccccc3)nc(-c3ccc(-c4ccc5c6c(ccc5c4)-c4ccccc4C6(c4ccccc4)c4ccccc4)cc3)n2)cc1. The molecule has 3 heteroatoms. The second kappa shape index (κ2) is 12.7. The Bertz CT molecular complexity index is 2650. The molecular weight excluding hydrogens is 643 g/mol. The zero-order valence-electron chi connectivity index (χ0n) is 28.9. The fourth-order valence-electron chi connectivity index (χ4n) is 8.21. The van der Waals surface area contributed by atoms with Gasteiger partial charge in [0.1, 0.15) is 0 Å². The van der Waals surface area contributed by atoms with Gasteiger partial charge in [0.05, 0.1) is 5.41 Å². The van der Waals surface area contributed by atoms with Crippen LogP contribution in [0.25, 0.3) is 67.2 Å². The van der Waals surface area contributed by atoms with Gasteiger partial charge in [-0.15, -0.1) is 0 Å². The molecular formula is C50H33N3. The Kier molecular flexibility index (Phi) is 7.36. The van der Waals surface area contributed by atoms with Crippen LogP contribution < -0.4 is 0 Å². The summed E-state index contributed by atoms with van der Waals surface area (Å²) in [6.07, 6.45) is 0. The number of benzene rings is 8. The molecule has 248 valence electrons. The topological polar surface area (TPSA) is 38.7 Å². The standard InChI is InChI=1S/C50H33N3/c1-5-15-35(16-6-1)47-51-48(36-17-7-2-8-18-36)53-49(52-47)37-27-25-34(26-28-37)38-29-31-42-39(33-38)30-32-44-43-23-13-14-24-45(43)50(46(42)44,40-19-9-3-10-20-40)41-21-11-4-12-22-41/h1-33H. The summed E-state index contributed by atoms with van der Waals surface area (Å²) in [5, 5.41) is 2.48. The van der Waals surface area contributed by atoms with Crippen LogP contribution in [0.3, 0.4) is 0 Å². The largest absolute Gasteiger partial charge is 0.208 e. The third-order valence-electron chi connectivity index (χ3n) is 10.6. The first-order valence-corrected chi connectivity index (χ1v) is 18.0. The van der Waals surface area contributed by atoms with Crippen molar-refractivity contribution >= 4 is 10.8 Å². The molecule has 0 fully saturated rings. The van der Waals surface area contributed by atoms with Gasteiger partial charge in [-0.05, 0) is 61.3 Å². The van der Waals surface area contributed by atoms with Gasteiger partial charge in [-0.3, -0.25) is 0 Å². The quantitative estimate of drug-likeness (QED) is 0.176. The molecule has 0 spiro atoms. The van der Waals surface area contributed by atoms with E-state index in [-0.39, 0.29) is 0 Å². The summed E-state index contributed by atoms with van der Waals surface area (Å²) in [5.74, 6) is 1.96. The van der Waals surface area contributed by atoms with Crippen molar-refractivity contribution in [2.24, 2.45) is 0 Å². The van der Waals surface area contributed by atoms with Crippen LogP contribution in [0.4, 0.5) is 0 Å². The van der Waals surface area contributed by atoms with E-state index in [0.717, 1.165) is 27.8 Å².